The molecule has 2 unspecified atom stereocenters. The highest BCUT2D eigenvalue weighted by Gasteiger charge is 2.33. The van der Waals surface area contributed by atoms with Crippen molar-refractivity contribution in [2.24, 2.45) is 0 Å². The van der Waals surface area contributed by atoms with Crippen LogP contribution in [0, 0.1) is 5.92 Å². The second-order valence-electron chi connectivity index (χ2n) is 4.51. The van der Waals surface area contributed by atoms with E-state index in [1.807, 2.05) is 18.2 Å². The Balaban J connectivity index is 1.76. The van der Waals surface area contributed by atoms with E-state index in [4.69, 9.17) is 15.2 Å². The lowest BCUT2D eigenvalue weighted by Gasteiger charge is -2.16. The number of benzene rings is 1. The van der Waals surface area contributed by atoms with Crippen molar-refractivity contribution in [2.75, 3.05) is 18.9 Å². The number of nitrogens with two attached hydrogens (primary N) is 1. The van der Waals surface area contributed by atoms with E-state index in [1.165, 1.54) is 11.5 Å². The van der Waals surface area contributed by atoms with E-state index in [2.05, 4.69) is 6.07 Å². The monoisotopic (exact) mass is 218 g/mol. The molecule has 1 radical (unpaired) electrons. The van der Waals surface area contributed by atoms with Gasteiger partial charge in [0, 0.05) is 11.6 Å². The molecule has 0 aromatic heterocycles. The van der Waals surface area contributed by atoms with Gasteiger partial charge in [-0.15, -0.1) is 0 Å². The molecular formula is C13H16NO2. The minimum atomic E-state index is 0.411. The molecule has 2 aliphatic rings. The number of hydrogen-bond acceptors (Lipinski definition) is 3. The standard InChI is InChI=1S/C13H16NO2/c14-13-4-2-1-3-12(13)9(5-10-7-15-10)6-11-8-16-11/h1-4,10-11H,5-8,14H2. The third-order valence-electron chi connectivity index (χ3n) is 3.09. The van der Waals surface area contributed by atoms with Crippen molar-refractivity contribution in [3.8, 4) is 0 Å². The van der Waals surface area contributed by atoms with Crippen LogP contribution < -0.4 is 5.73 Å². The fraction of sp³-hybridized carbons (Fsp3) is 0.462. The number of hydrogen-bond donors (Lipinski definition) is 1. The molecule has 1 aromatic rings. The molecule has 0 amide bonds. The van der Waals surface area contributed by atoms with Gasteiger partial charge in [0.15, 0.2) is 0 Å². The summed E-state index contributed by atoms with van der Waals surface area (Å²) < 4.78 is 10.6. The summed E-state index contributed by atoms with van der Waals surface area (Å²) in [5.74, 6) is 1.38. The van der Waals surface area contributed by atoms with E-state index >= 15 is 0 Å². The van der Waals surface area contributed by atoms with E-state index in [0.717, 1.165) is 31.7 Å². The van der Waals surface area contributed by atoms with E-state index in [9.17, 15) is 0 Å². The van der Waals surface area contributed by atoms with Gasteiger partial charge in [-0.25, -0.2) is 0 Å². The first-order chi connectivity index (χ1) is 7.83. The fourth-order valence-corrected chi connectivity index (χ4v) is 2.04. The molecule has 2 aliphatic heterocycles. The summed E-state index contributed by atoms with van der Waals surface area (Å²) in [4.78, 5) is 0. The van der Waals surface area contributed by atoms with E-state index in [1.54, 1.807) is 0 Å². The third kappa shape index (κ3) is 2.36. The summed E-state index contributed by atoms with van der Waals surface area (Å²) in [5.41, 5.74) is 8.05. The topological polar surface area (TPSA) is 51.1 Å². The first-order valence-electron chi connectivity index (χ1n) is 5.75. The number of epoxide rings is 2. The second-order valence-corrected chi connectivity index (χ2v) is 4.51. The normalized spacial score (nSPS) is 27.1. The molecule has 3 heteroatoms. The Labute approximate surface area is 95.5 Å². The number of rotatable bonds is 5. The molecule has 0 spiro atoms. The number of para-hydroxylation sites is 1. The van der Waals surface area contributed by atoms with E-state index in [0.29, 0.717) is 12.2 Å². The molecule has 2 N–H and O–H groups in total. The van der Waals surface area contributed by atoms with Crippen LogP contribution >= 0.6 is 0 Å². The Hall–Kier alpha value is -1.06. The van der Waals surface area contributed by atoms with Crippen LogP contribution in [-0.4, -0.2) is 25.4 Å². The van der Waals surface area contributed by atoms with Crippen LogP contribution in [0.1, 0.15) is 18.4 Å². The lowest BCUT2D eigenvalue weighted by atomic mass is 9.89. The van der Waals surface area contributed by atoms with Crippen molar-refractivity contribution >= 4 is 5.69 Å². The van der Waals surface area contributed by atoms with Crippen LogP contribution in [0.2, 0.25) is 0 Å². The van der Waals surface area contributed by atoms with Crippen molar-refractivity contribution in [2.45, 2.75) is 25.0 Å². The first kappa shape index (κ1) is 10.1. The van der Waals surface area contributed by atoms with Crippen LogP contribution in [0.5, 0.6) is 0 Å². The Kier molecular flexibility index (Phi) is 2.58. The van der Waals surface area contributed by atoms with Gasteiger partial charge in [-0.05, 0) is 24.5 Å². The van der Waals surface area contributed by atoms with Gasteiger partial charge in [-0.3, -0.25) is 0 Å². The van der Waals surface area contributed by atoms with Crippen molar-refractivity contribution in [3.63, 3.8) is 0 Å². The summed E-state index contributed by atoms with van der Waals surface area (Å²) in [7, 11) is 0. The first-order valence-corrected chi connectivity index (χ1v) is 5.75. The average Bonchev–Trinajstić information content (AvgIpc) is 3.12. The second kappa shape index (κ2) is 4.07. The van der Waals surface area contributed by atoms with E-state index in [-0.39, 0.29) is 0 Å². The number of anilines is 1. The quantitative estimate of drug-likeness (QED) is 0.605. The minimum Gasteiger partial charge on any atom is -0.398 e. The van der Waals surface area contributed by atoms with Crippen molar-refractivity contribution in [1.82, 2.24) is 0 Å². The molecular weight excluding hydrogens is 202 g/mol. The zero-order valence-corrected chi connectivity index (χ0v) is 9.19. The SMILES string of the molecule is Nc1ccccc1[C](CC1CO1)CC1CO1. The van der Waals surface area contributed by atoms with Crippen LogP contribution in [0.15, 0.2) is 24.3 Å². The smallest absolute Gasteiger partial charge is 0.0818 e. The molecule has 0 aliphatic carbocycles. The van der Waals surface area contributed by atoms with Crippen LogP contribution in [0.4, 0.5) is 5.69 Å². The van der Waals surface area contributed by atoms with Gasteiger partial charge >= 0.3 is 0 Å². The summed E-state index contributed by atoms with van der Waals surface area (Å²) in [6.07, 6.45) is 2.81. The zero-order chi connectivity index (χ0) is 11.0. The fourth-order valence-electron chi connectivity index (χ4n) is 2.04. The van der Waals surface area contributed by atoms with E-state index < -0.39 is 0 Å². The van der Waals surface area contributed by atoms with Crippen LogP contribution in [-0.2, 0) is 9.47 Å². The molecule has 2 saturated heterocycles. The van der Waals surface area contributed by atoms with Gasteiger partial charge in [0.2, 0.25) is 0 Å². The van der Waals surface area contributed by atoms with Crippen LogP contribution in [0.3, 0.4) is 0 Å². The molecule has 0 bridgehead atoms. The zero-order valence-electron chi connectivity index (χ0n) is 9.19. The Bertz CT molecular complexity index is 358. The highest BCUT2D eigenvalue weighted by molar-refractivity contribution is 5.53. The van der Waals surface area contributed by atoms with Crippen molar-refractivity contribution < 1.29 is 9.47 Å². The lowest BCUT2D eigenvalue weighted by Crippen LogP contribution is -2.09. The highest BCUT2D eigenvalue weighted by Crippen LogP contribution is 2.35. The maximum Gasteiger partial charge on any atom is 0.0818 e. The van der Waals surface area contributed by atoms with Crippen LogP contribution in [0.25, 0.3) is 0 Å². The molecule has 2 heterocycles. The summed E-state index contributed by atoms with van der Waals surface area (Å²) in [6.45, 7) is 1.78. The van der Waals surface area contributed by atoms with Gasteiger partial charge in [-0.1, -0.05) is 18.2 Å². The molecule has 0 saturated carbocycles. The number of nitrogen functional groups attached to an aromatic ring is 1. The van der Waals surface area contributed by atoms with Gasteiger partial charge in [0.1, 0.15) is 0 Å². The predicted molar refractivity (Wildman–Crippen MR) is 61.9 cm³/mol. The Morgan fingerprint density at radius 2 is 1.69 bits per heavy atom. The lowest BCUT2D eigenvalue weighted by molar-refractivity contribution is 0.379. The van der Waals surface area contributed by atoms with Gasteiger partial charge in [0.25, 0.3) is 0 Å². The van der Waals surface area contributed by atoms with Gasteiger partial charge in [-0.2, -0.15) is 0 Å². The van der Waals surface area contributed by atoms with Crippen molar-refractivity contribution in [1.29, 1.82) is 0 Å². The Morgan fingerprint density at radius 3 is 2.19 bits per heavy atom. The van der Waals surface area contributed by atoms with Crippen molar-refractivity contribution in [3.05, 3.63) is 35.7 Å². The average molecular weight is 218 g/mol. The molecule has 3 rings (SSSR count). The molecule has 3 nitrogen and oxygen atoms in total. The van der Waals surface area contributed by atoms with Gasteiger partial charge < -0.3 is 15.2 Å². The molecule has 2 fully saturated rings. The molecule has 85 valence electrons. The molecule has 16 heavy (non-hydrogen) atoms. The minimum absolute atomic E-state index is 0.411. The molecule has 2 atom stereocenters. The molecule has 1 aromatic carbocycles. The third-order valence-corrected chi connectivity index (χ3v) is 3.09. The summed E-state index contributed by atoms with van der Waals surface area (Å²) in [5, 5.41) is 0. The maximum absolute atomic E-state index is 6.01. The van der Waals surface area contributed by atoms with Gasteiger partial charge in [0.05, 0.1) is 25.4 Å². The summed E-state index contributed by atoms with van der Waals surface area (Å²) >= 11 is 0. The number of ether oxygens (including phenoxy) is 2. The predicted octanol–water partition coefficient (Wildman–Crippen LogP) is 1.77. The Morgan fingerprint density at radius 1 is 1.12 bits per heavy atom. The summed E-state index contributed by atoms with van der Waals surface area (Å²) in [6, 6.07) is 8.05. The maximum atomic E-state index is 6.01. The highest BCUT2D eigenvalue weighted by atomic mass is 16.6. The largest absolute Gasteiger partial charge is 0.398 e.